The van der Waals surface area contributed by atoms with E-state index in [0.717, 1.165) is 39.7 Å². The lowest BCUT2D eigenvalue weighted by atomic mass is 9.88. The van der Waals surface area contributed by atoms with Crippen LogP contribution >= 0.6 is 0 Å². The van der Waals surface area contributed by atoms with Crippen molar-refractivity contribution in [3.05, 3.63) is 109 Å². The summed E-state index contributed by atoms with van der Waals surface area (Å²) in [7, 11) is 5.90. The van der Waals surface area contributed by atoms with Gasteiger partial charge in [0.05, 0.1) is 5.69 Å². The molecule has 2 radical (unpaired) electrons. The molecule has 28 heavy (non-hydrogen) atoms. The van der Waals surface area contributed by atoms with E-state index in [-0.39, 0.29) is 0 Å². The maximum absolute atomic E-state index is 5.90. The summed E-state index contributed by atoms with van der Waals surface area (Å²) < 4.78 is 0. The fourth-order valence-electron chi connectivity index (χ4n) is 2.60. The second-order valence-corrected chi connectivity index (χ2v) is 6.47. The Kier molecular flexibility index (Phi) is 7.58. The van der Waals surface area contributed by atoms with Gasteiger partial charge in [-0.05, 0) is 30.2 Å². The molecule has 0 unspecified atom stereocenters. The van der Waals surface area contributed by atoms with Crippen LogP contribution in [0.1, 0.15) is 24.6 Å². The molecule has 5 heteroatoms. The Morgan fingerprint density at radius 1 is 1.07 bits per heavy atom. The summed E-state index contributed by atoms with van der Waals surface area (Å²) in [4.78, 5) is 8.52. The highest BCUT2D eigenvalue weighted by atomic mass is 15.0. The first-order valence-electron chi connectivity index (χ1n) is 8.92. The molecule has 0 saturated heterocycles. The van der Waals surface area contributed by atoms with Gasteiger partial charge in [-0.2, -0.15) is 0 Å². The van der Waals surface area contributed by atoms with E-state index >= 15 is 0 Å². The van der Waals surface area contributed by atoms with Crippen molar-refractivity contribution in [2.24, 2.45) is 0 Å². The molecule has 140 valence electrons. The van der Waals surface area contributed by atoms with E-state index in [1.54, 1.807) is 18.5 Å². The number of rotatable bonds is 10. The molecule has 1 heterocycles. The van der Waals surface area contributed by atoms with Crippen LogP contribution in [-0.4, -0.2) is 17.8 Å². The van der Waals surface area contributed by atoms with Crippen LogP contribution < -0.4 is 10.6 Å². The van der Waals surface area contributed by atoms with Crippen molar-refractivity contribution in [3.63, 3.8) is 0 Å². The van der Waals surface area contributed by atoms with Crippen LogP contribution in [-0.2, 0) is 6.42 Å². The van der Waals surface area contributed by atoms with Crippen LogP contribution in [0.15, 0.2) is 97.6 Å². The van der Waals surface area contributed by atoms with Gasteiger partial charge in [0.15, 0.2) is 0 Å². The number of hydrogen-bond donors (Lipinski definition) is 2. The van der Waals surface area contributed by atoms with E-state index in [1.807, 2.05) is 25.1 Å². The second-order valence-electron chi connectivity index (χ2n) is 6.47. The van der Waals surface area contributed by atoms with E-state index in [4.69, 9.17) is 7.85 Å². The average molecular weight is 368 g/mol. The van der Waals surface area contributed by atoms with E-state index in [0.29, 0.717) is 18.3 Å². The lowest BCUT2D eigenvalue weighted by molar-refractivity contribution is 1.03. The highest BCUT2D eigenvalue weighted by Crippen LogP contribution is 2.19. The average Bonchev–Trinajstić information content (AvgIpc) is 2.67. The maximum atomic E-state index is 5.90. The zero-order valence-electron chi connectivity index (χ0n) is 16.3. The van der Waals surface area contributed by atoms with Gasteiger partial charge in [0.1, 0.15) is 20.0 Å². The molecule has 2 N–H and O–H groups in total. The molecule has 0 aliphatic rings. The third-order valence-corrected chi connectivity index (χ3v) is 3.97. The Labute approximate surface area is 168 Å². The van der Waals surface area contributed by atoms with Crippen LogP contribution in [0.4, 0.5) is 11.5 Å². The largest absolute Gasteiger partial charge is 0.359 e. The maximum Gasteiger partial charge on any atom is 0.133 e. The molecular weight excluding hydrogens is 343 g/mol. The van der Waals surface area contributed by atoms with Gasteiger partial charge in [-0.25, -0.2) is 9.97 Å². The smallest absolute Gasteiger partial charge is 0.133 e. The van der Waals surface area contributed by atoms with Gasteiger partial charge in [0.2, 0.25) is 0 Å². The van der Waals surface area contributed by atoms with Crippen molar-refractivity contribution in [3.8, 4) is 0 Å². The van der Waals surface area contributed by atoms with Gasteiger partial charge < -0.3 is 10.6 Å². The summed E-state index contributed by atoms with van der Waals surface area (Å²) in [5.74, 6) is 0.747. The molecule has 2 rings (SSSR count). The number of hydrogen-bond acceptors (Lipinski definition) is 4. The number of nitrogens with one attached hydrogen (secondary N) is 2. The van der Waals surface area contributed by atoms with E-state index in [2.05, 4.69) is 59.1 Å². The number of benzene rings is 1. The van der Waals surface area contributed by atoms with Crippen LogP contribution in [0.2, 0.25) is 0 Å². The summed E-state index contributed by atoms with van der Waals surface area (Å²) in [5, 5.41) is 6.40. The lowest BCUT2D eigenvalue weighted by Gasteiger charge is -2.12. The summed E-state index contributed by atoms with van der Waals surface area (Å²) in [6.45, 7) is 17.3. The van der Waals surface area contributed by atoms with Gasteiger partial charge in [0.25, 0.3) is 0 Å². The van der Waals surface area contributed by atoms with E-state index < -0.39 is 0 Å². The van der Waals surface area contributed by atoms with Crippen molar-refractivity contribution in [2.45, 2.75) is 19.8 Å². The molecule has 0 bridgehead atoms. The first-order valence-corrected chi connectivity index (χ1v) is 8.92. The van der Waals surface area contributed by atoms with Gasteiger partial charge in [-0.1, -0.05) is 56.1 Å². The molecule has 0 fully saturated rings. The van der Waals surface area contributed by atoms with E-state index in [9.17, 15) is 0 Å². The number of nitrogens with zero attached hydrogens (tertiary/aromatic N) is 2. The molecular formula is C23H25BN4. The SMILES string of the molecule is [B]/C(C=C)=C(/C=C)CC(=C)Nc1ccc(Cc2cc(NC(=C)C)ncn2)cc1. The van der Waals surface area contributed by atoms with Gasteiger partial charge in [-0.3, -0.25) is 0 Å². The number of aromatic nitrogens is 2. The highest BCUT2D eigenvalue weighted by Gasteiger charge is 2.04. The Morgan fingerprint density at radius 3 is 2.39 bits per heavy atom. The highest BCUT2D eigenvalue weighted by molar-refractivity contribution is 6.24. The summed E-state index contributed by atoms with van der Waals surface area (Å²) in [6, 6.07) is 10.1. The summed E-state index contributed by atoms with van der Waals surface area (Å²) in [6.07, 6.45) is 6.20. The number of allylic oxidation sites excluding steroid dienone is 5. The predicted molar refractivity (Wildman–Crippen MR) is 120 cm³/mol. The summed E-state index contributed by atoms with van der Waals surface area (Å²) >= 11 is 0. The molecule has 4 nitrogen and oxygen atoms in total. The molecule has 0 atom stereocenters. The van der Waals surface area contributed by atoms with Crippen LogP contribution in [0.3, 0.4) is 0 Å². The summed E-state index contributed by atoms with van der Waals surface area (Å²) in [5.41, 5.74) is 6.22. The molecule has 0 aliphatic carbocycles. The Balaban J connectivity index is 2.00. The number of anilines is 2. The van der Waals surface area contributed by atoms with Crippen LogP contribution in [0.5, 0.6) is 0 Å². The monoisotopic (exact) mass is 368 g/mol. The minimum absolute atomic E-state index is 0.586. The Bertz CT molecular complexity index is 910. The normalized spacial score (nSPS) is 11.2. The molecule has 1 aromatic heterocycles. The molecule has 0 aliphatic heterocycles. The molecule has 0 amide bonds. The van der Waals surface area contributed by atoms with E-state index in [1.165, 1.54) is 0 Å². The van der Waals surface area contributed by atoms with Crippen molar-refractivity contribution in [1.29, 1.82) is 0 Å². The predicted octanol–water partition coefficient (Wildman–Crippen LogP) is 5.12. The quantitative estimate of drug-likeness (QED) is 0.451. The van der Waals surface area contributed by atoms with Crippen LogP contribution in [0, 0.1) is 0 Å². The molecule has 0 spiro atoms. The Hall–Kier alpha value is -3.34. The fraction of sp³-hybridized carbons (Fsp3) is 0.130. The van der Waals surface area contributed by atoms with Gasteiger partial charge in [-0.15, -0.1) is 0 Å². The molecule has 2 aromatic rings. The Morgan fingerprint density at radius 2 is 1.79 bits per heavy atom. The van der Waals surface area contributed by atoms with Gasteiger partial charge >= 0.3 is 0 Å². The second kappa shape index (κ2) is 10.1. The first kappa shape index (κ1) is 21.0. The molecule has 1 aromatic carbocycles. The lowest BCUT2D eigenvalue weighted by Crippen LogP contribution is -2.01. The zero-order valence-corrected chi connectivity index (χ0v) is 16.3. The minimum atomic E-state index is 0.586. The van der Waals surface area contributed by atoms with Crippen molar-refractivity contribution in [1.82, 2.24) is 9.97 Å². The molecule has 0 saturated carbocycles. The standard InChI is InChI=1S/C23H25BN4/c1-6-19(22(24)7-2)12-17(5)28-20-10-8-18(9-11-20)13-21-14-23(26-15-25-21)27-16(3)4/h6-11,14-15,28H,1-3,5,12-13H2,4H3,(H,25,26,27)/b22-19-. The third-order valence-electron chi connectivity index (χ3n) is 3.97. The minimum Gasteiger partial charge on any atom is -0.359 e. The fourth-order valence-corrected chi connectivity index (χ4v) is 2.60. The topological polar surface area (TPSA) is 49.8 Å². The van der Waals surface area contributed by atoms with Crippen LogP contribution in [0.25, 0.3) is 0 Å². The van der Waals surface area contributed by atoms with Crippen molar-refractivity contribution < 1.29 is 0 Å². The zero-order chi connectivity index (χ0) is 20.5. The third kappa shape index (κ3) is 6.43. The first-order chi connectivity index (χ1) is 13.4. The van der Waals surface area contributed by atoms with Crippen molar-refractivity contribution in [2.75, 3.05) is 10.6 Å². The van der Waals surface area contributed by atoms with Crippen molar-refractivity contribution >= 4 is 19.4 Å². The van der Waals surface area contributed by atoms with Gasteiger partial charge in [0, 0.05) is 36.0 Å².